The molecule has 0 bridgehead atoms. The van der Waals surface area contributed by atoms with Gasteiger partial charge in [0.15, 0.2) is 0 Å². The first kappa shape index (κ1) is 47.4. The summed E-state index contributed by atoms with van der Waals surface area (Å²) in [5.74, 6) is -5.38. The Bertz CT molecular complexity index is 827. The Labute approximate surface area is 301 Å². The summed E-state index contributed by atoms with van der Waals surface area (Å²) in [4.78, 5) is 40.2. The van der Waals surface area contributed by atoms with Crippen molar-refractivity contribution in [2.75, 3.05) is 0 Å². The van der Waals surface area contributed by atoms with E-state index in [1.807, 2.05) is 0 Å². The number of hydrogen-bond acceptors (Lipinski definition) is 7. The van der Waals surface area contributed by atoms with Crippen LogP contribution in [0.5, 0.6) is 0 Å². The Morgan fingerprint density at radius 1 is 0.347 bits per heavy atom. The van der Waals surface area contributed by atoms with Crippen molar-refractivity contribution in [2.24, 2.45) is 10.8 Å². The van der Waals surface area contributed by atoms with Gasteiger partial charge in [0.25, 0.3) is 0 Å². The summed E-state index contributed by atoms with van der Waals surface area (Å²) < 4.78 is 0. The van der Waals surface area contributed by atoms with Crippen LogP contribution in [0.1, 0.15) is 233 Å². The molecule has 49 heavy (non-hydrogen) atoms. The van der Waals surface area contributed by atoms with E-state index in [4.69, 9.17) is 0 Å². The van der Waals surface area contributed by atoms with Gasteiger partial charge in [-0.2, -0.15) is 0 Å². The SMILES string of the molecule is CCCCCCCCCCCCC(CCCCCCCC)(C(=O)[O-])C(O)(C(=O)[O-])C(CCCCCCCC)(CCCCCCCC)C(=O)[O-]. The second-order valence-electron chi connectivity index (χ2n) is 15.2. The second kappa shape index (κ2) is 29.0. The number of carboxylic acid groups (broad SMARTS) is 3. The number of carbonyl (C=O) groups is 3. The lowest BCUT2D eigenvalue weighted by atomic mass is 9.52. The summed E-state index contributed by atoms with van der Waals surface area (Å²) >= 11 is 0. The molecule has 0 aromatic heterocycles. The summed E-state index contributed by atoms with van der Waals surface area (Å²) in [5, 5.41) is 52.8. The number of rotatable bonds is 37. The second-order valence-corrected chi connectivity index (χ2v) is 15.2. The Hall–Kier alpha value is -1.63. The fraction of sp³-hybridized carbons (Fsp3) is 0.929. The smallest absolute Gasteiger partial charge is 0.125 e. The number of unbranched alkanes of at least 4 members (excludes halogenated alkanes) is 24. The van der Waals surface area contributed by atoms with Crippen molar-refractivity contribution in [1.29, 1.82) is 0 Å². The van der Waals surface area contributed by atoms with Gasteiger partial charge in [-0.05, 0) is 25.7 Å². The highest BCUT2D eigenvalue weighted by atomic mass is 16.4. The van der Waals surface area contributed by atoms with Crippen LogP contribution >= 0.6 is 0 Å². The zero-order valence-electron chi connectivity index (χ0n) is 32.5. The molecule has 0 aliphatic heterocycles. The standard InChI is InChI=1S/C42H80O7/c1-5-9-13-17-21-22-23-24-28-32-36-41(38(45)46,35-31-27-20-16-12-8-4)42(49,39(47)48)40(37(43)44,33-29-25-18-14-10-6-2)34-30-26-19-15-11-7-3/h49H,5-36H2,1-4H3,(H,43,44)(H,45,46)(H,47,48)/p-3. The minimum Gasteiger partial charge on any atom is -0.549 e. The van der Waals surface area contributed by atoms with Crippen LogP contribution in [0.15, 0.2) is 0 Å². The fourth-order valence-electron chi connectivity index (χ4n) is 8.06. The van der Waals surface area contributed by atoms with Crippen LogP contribution in [-0.4, -0.2) is 28.6 Å². The molecule has 0 saturated carbocycles. The first-order valence-electron chi connectivity index (χ1n) is 20.9. The molecule has 2 atom stereocenters. The van der Waals surface area contributed by atoms with Gasteiger partial charge in [-0.1, -0.05) is 207 Å². The maximum absolute atomic E-state index is 13.4. The molecule has 0 aliphatic rings. The van der Waals surface area contributed by atoms with Crippen molar-refractivity contribution in [1.82, 2.24) is 0 Å². The molecule has 290 valence electrons. The molecule has 0 radical (unpaired) electrons. The van der Waals surface area contributed by atoms with Crippen molar-refractivity contribution in [3.8, 4) is 0 Å². The van der Waals surface area contributed by atoms with E-state index in [1.165, 1.54) is 25.7 Å². The van der Waals surface area contributed by atoms with Gasteiger partial charge in [-0.3, -0.25) is 0 Å². The van der Waals surface area contributed by atoms with E-state index in [0.29, 0.717) is 51.4 Å². The molecule has 0 aromatic carbocycles. The lowest BCUT2D eigenvalue weighted by Crippen LogP contribution is -2.75. The molecule has 0 saturated heterocycles. The Balaban J connectivity index is 6.52. The van der Waals surface area contributed by atoms with Gasteiger partial charge in [0.1, 0.15) is 5.60 Å². The zero-order chi connectivity index (χ0) is 36.9. The summed E-state index contributed by atoms with van der Waals surface area (Å²) in [6, 6.07) is 0. The molecule has 0 spiro atoms. The first-order valence-corrected chi connectivity index (χ1v) is 20.9. The van der Waals surface area contributed by atoms with Crippen LogP contribution in [-0.2, 0) is 14.4 Å². The number of carbonyl (C=O) groups excluding carboxylic acids is 3. The topological polar surface area (TPSA) is 141 Å². The molecule has 7 heteroatoms. The molecular formula is C42H77O7-3. The predicted molar refractivity (Wildman–Crippen MR) is 195 cm³/mol. The minimum atomic E-state index is -3.17. The first-order chi connectivity index (χ1) is 23.6. The highest BCUT2D eigenvalue weighted by Gasteiger charge is 2.63. The Morgan fingerprint density at radius 2 is 0.531 bits per heavy atom. The predicted octanol–water partition coefficient (Wildman–Crippen LogP) is 8.50. The van der Waals surface area contributed by atoms with Crippen molar-refractivity contribution >= 4 is 17.9 Å². The van der Waals surface area contributed by atoms with Gasteiger partial charge >= 0.3 is 0 Å². The van der Waals surface area contributed by atoms with Crippen LogP contribution in [0.3, 0.4) is 0 Å². The number of carboxylic acids is 3. The summed E-state index contributed by atoms with van der Waals surface area (Å²) in [7, 11) is 0. The van der Waals surface area contributed by atoms with Crippen LogP contribution in [0.2, 0.25) is 0 Å². The monoisotopic (exact) mass is 694 g/mol. The van der Waals surface area contributed by atoms with Crippen molar-refractivity contribution in [2.45, 2.75) is 239 Å². The number of aliphatic carboxylic acids is 3. The van der Waals surface area contributed by atoms with Gasteiger partial charge in [-0.15, -0.1) is 0 Å². The molecule has 0 aliphatic carbocycles. The molecule has 0 fully saturated rings. The van der Waals surface area contributed by atoms with Crippen molar-refractivity contribution < 1.29 is 34.8 Å². The third kappa shape index (κ3) is 16.5. The largest absolute Gasteiger partial charge is 0.549 e. The van der Waals surface area contributed by atoms with E-state index >= 15 is 0 Å². The van der Waals surface area contributed by atoms with Crippen molar-refractivity contribution in [3.63, 3.8) is 0 Å². The van der Waals surface area contributed by atoms with Gasteiger partial charge in [0.2, 0.25) is 0 Å². The van der Waals surface area contributed by atoms with Crippen LogP contribution in [0, 0.1) is 10.8 Å². The van der Waals surface area contributed by atoms with Crippen LogP contribution in [0.4, 0.5) is 0 Å². The maximum Gasteiger partial charge on any atom is 0.125 e. The Kier molecular flexibility index (Phi) is 28.0. The van der Waals surface area contributed by atoms with E-state index in [9.17, 15) is 34.8 Å². The number of aliphatic hydroxyl groups is 1. The fourth-order valence-corrected chi connectivity index (χ4v) is 8.06. The van der Waals surface area contributed by atoms with Crippen LogP contribution < -0.4 is 15.3 Å². The quantitative estimate of drug-likeness (QED) is 0.0643. The summed E-state index contributed by atoms with van der Waals surface area (Å²) in [6.07, 6.45) is 24.4. The molecule has 0 heterocycles. The molecule has 0 amide bonds. The summed E-state index contributed by atoms with van der Waals surface area (Å²) in [5.41, 5.74) is -7.78. The Morgan fingerprint density at radius 3 is 0.694 bits per heavy atom. The van der Waals surface area contributed by atoms with E-state index in [2.05, 4.69) is 27.7 Å². The lowest BCUT2D eigenvalue weighted by molar-refractivity contribution is -0.376. The lowest BCUT2D eigenvalue weighted by Gasteiger charge is -2.59. The van der Waals surface area contributed by atoms with Gasteiger partial charge in [0, 0.05) is 10.8 Å². The maximum atomic E-state index is 13.4. The minimum absolute atomic E-state index is 0.159. The third-order valence-corrected chi connectivity index (χ3v) is 11.3. The van der Waals surface area contributed by atoms with E-state index < -0.39 is 34.3 Å². The van der Waals surface area contributed by atoms with Gasteiger partial charge in [-0.25, -0.2) is 0 Å². The zero-order valence-corrected chi connectivity index (χ0v) is 32.5. The van der Waals surface area contributed by atoms with Gasteiger partial charge < -0.3 is 34.8 Å². The number of hydrogen-bond donors (Lipinski definition) is 1. The third-order valence-electron chi connectivity index (χ3n) is 11.3. The van der Waals surface area contributed by atoms with Crippen LogP contribution in [0.25, 0.3) is 0 Å². The highest BCUT2D eigenvalue weighted by molar-refractivity contribution is 5.93. The van der Waals surface area contributed by atoms with E-state index in [1.54, 1.807) is 0 Å². The highest BCUT2D eigenvalue weighted by Crippen LogP contribution is 2.55. The summed E-state index contributed by atoms with van der Waals surface area (Å²) in [6.45, 7) is 8.53. The van der Waals surface area contributed by atoms with Crippen molar-refractivity contribution in [3.05, 3.63) is 0 Å². The average Bonchev–Trinajstić information content (AvgIpc) is 3.07. The molecule has 1 N–H and O–H groups in total. The molecular weight excluding hydrogens is 616 g/mol. The van der Waals surface area contributed by atoms with Gasteiger partial charge in [0.05, 0.1) is 17.9 Å². The molecule has 2 unspecified atom stereocenters. The average molecular weight is 694 g/mol. The van der Waals surface area contributed by atoms with E-state index in [-0.39, 0.29) is 25.7 Å². The normalized spacial score (nSPS) is 14.4. The molecule has 0 rings (SSSR count). The molecule has 0 aromatic rings. The molecule has 7 nitrogen and oxygen atoms in total. The van der Waals surface area contributed by atoms with E-state index in [0.717, 1.165) is 103 Å².